The molecule has 0 bridgehead atoms. The van der Waals surface area contributed by atoms with E-state index in [1.165, 1.54) is 0 Å². The van der Waals surface area contributed by atoms with Crippen LogP contribution >= 0.6 is 11.6 Å². The molecule has 1 nitrogen and oxygen atoms in total. The summed E-state index contributed by atoms with van der Waals surface area (Å²) in [5.41, 5.74) is 4.15. The maximum absolute atomic E-state index is 6.18. The van der Waals surface area contributed by atoms with Crippen LogP contribution in [0.15, 0.2) is 89.3 Å². The topological polar surface area (TPSA) is 11.3 Å². The smallest absolute Gasteiger partial charge is 0.207 e. The lowest BCUT2D eigenvalue weighted by atomic mass is 10.0. The third-order valence-electron chi connectivity index (χ3n) is 4.09. The second-order valence-corrected chi connectivity index (χ2v) is 6.25. The van der Waals surface area contributed by atoms with Crippen molar-refractivity contribution in [3.05, 3.63) is 101 Å². The summed E-state index contributed by atoms with van der Waals surface area (Å²) >= 11 is 5.96. The van der Waals surface area contributed by atoms with E-state index in [2.05, 4.69) is 24.3 Å². The van der Waals surface area contributed by atoms with E-state index < -0.39 is 0 Å². The number of hydrogen-bond acceptors (Lipinski definition) is 0. The maximum atomic E-state index is 6.18. The normalized spacial score (nSPS) is 11.2. The molecule has 0 amide bonds. The number of halogens is 1. The number of rotatable bonds is 3. The van der Waals surface area contributed by atoms with Crippen LogP contribution in [-0.2, 0) is 0 Å². The van der Waals surface area contributed by atoms with Crippen molar-refractivity contribution < 1.29 is 4.42 Å². The van der Waals surface area contributed by atoms with E-state index in [1.54, 1.807) is 0 Å². The Kier molecular flexibility index (Phi) is 4.32. The molecule has 0 aliphatic rings. The van der Waals surface area contributed by atoms with Crippen molar-refractivity contribution in [1.82, 2.24) is 0 Å². The van der Waals surface area contributed by atoms with Gasteiger partial charge in [0.1, 0.15) is 0 Å². The molecule has 3 aromatic carbocycles. The summed E-state index contributed by atoms with van der Waals surface area (Å²) in [5.74, 6) is 0.833. The summed E-state index contributed by atoms with van der Waals surface area (Å²) < 4.78 is 6.18. The van der Waals surface area contributed by atoms with Crippen LogP contribution in [0.4, 0.5) is 0 Å². The van der Waals surface area contributed by atoms with Gasteiger partial charge in [-0.15, -0.1) is 0 Å². The zero-order valence-corrected chi connectivity index (χ0v) is 14.3. The number of hydrogen-bond donors (Lipinski definition) is 0. The van der Waals surface area contributed by atoms with Gasteiger partial charge in [-0.3, -0.25) is 0 Å². The second-order valence-electron chi connectivity index (χ2n) is 5.81. The molecule has 0 unspecified atom stereocenters. The molecule has 0 saturated heterocycles. The van der Waals surface area contributed by atoms with Gasteiger partial charge in [0.15, 0.2) is 0 Å². The molecular weight excluding hydrogens is 328 g/mol. The van der Waals surface area contributed by atoms with E-state index in [0.29, 0.717) is 0 Å². The van der Waals surface area contributed by atoms with Crippen molar-refractivity contribution in [2.45, 2.75) is 0 Å². The van der Waals surface area contributed by atoms with Crippen LogP contribution in [0.1, 0.15) is 11.3 Å². The SMILES string of the molecule is Clc1ccc(C=Cc2[o+]c3ccccc3cc2-c2ccccc2)cc1. The largest absolute Gasteiger partial charge is 0.361 e. The van der Waals surface area contributed by atoms with Crippen molar-refractivity contribution in [2.75, 3.05) is 0 Å². The molecule has 0 radical (unpaired) electrons. The predicted molar refractivity (Wildman–Crippen MR) is 106 cm³/mol. The van der Waals surface area contributed by atoms with Crippen LogP contribution < -0.4 is 0 Å². The zero-order chi connectivity index (χ0) is 17.1. The molecule has 0 atom stereocenters. The molecule has 4 aromatic rings. The number of fused-ring (bicyclic) bond motifs is 1. The van der Waals surface area contributed by atoms with Gasteiger partial charge in [0, 0.05) is 17.2 Å². The standard InChI is InChI=1S/C23H16ClO/c24-20-13-10-17(11-14-20)12-15-23-21(18-6-2-1-3-7-18)16-19-8-4-5-9-22(19)25-23/h1-16H/q+1. The predicted octanol–water partition coefficient (Wildman–Crippen LogP) is 7.20. The first-order chi connectivity index (χ1) is 12.3. The lowest BCUT2D eigenvalue weighted by molar-refractivity contribution is 0.594. The summed E-state index contributed by atoms with van der Waals surface area (Å²) in [6.45, 7) is 0. The third kappa shape index (κ3) is 3.47. The number of benzene rings is 3. The lowest BCUT2D eigenvalue weighted by Crippen LogP contribution is -1.85. The Balaban J connectivity index is 1.84. The Morgan fingerprint density at radius 3 is 2.24 bits per heavy atom. The Bertz CT molecular complexity index is 1030. The van der Waals surface area contributed by atoms with Crippen LogP contribution in [0.25, 0.3) is 34.2 Å². The molecule has 4 rings (SSSR count). The van der Waals surface area contributed by atoms with Crippen LogP contribution in [0.2, 0.25) is 5.02 Å². The summed E-state index contributed by atoms with van der Waals surface area (Å²) in [4.78, 5) is 0. The fourth-order valence-corrected chi connectivity index (χ4v) is 2.93. The van der Waals surface area contributed by atoms with Gasteiger partial charge in [0.2, 0.25) is 0 Å². The maximum Gasteiger partial charge on any atom is 0.361 e. The molecule has 120 valence electrons. The van der Waals surface area contributed by atoms with Gasteiger partial charge in [-0.2, -0.15) is 0 Å². The van der Waals surface area contributed by atoms with Crippen molar-refractivity contribution >= 4 is 34.7 Å². The van der Waals surface area contributed by atoms with Gasteiger partial charge in [-0.05, 0) is 41.5 Å². The van der Waals surface area contributed by atoms with Crippen molar-refractivity contribution in [3.63, 3.8) is 0 Å². The Morgan fingerprint density at radius 1 is 0.720 bits per heavy atom. The molecular formula is C23H16ClO+. The van der Waals surface area contributed by atoms with Gasteiger partial charge >= 0.3 is 11.3 Å². The second kappa shape index (κ2) is 6.92. The summed E-state index contributed by atoms with van der Waals surface area (Å²) in [6, 6.07) is 28.3. The van der Waals surface area contributed by atoms with Gasteiger partial charge in [0.05, 0.1) is 10.9 Å². The van der Waals surface area contributed by atoms with Crippen LogP contribution in [0, 0.1) is 0 Å². The highest BCUT2D eigenvalue weighted by molar-refractivity contribution is 6.30. The molecule has 0 fully saturated rings. The Morgan fingerprint density at radius 2 is 1.44 bits per heavy atom. The van der Waals surface area contributed by atoms with Crippen molar-refractivity contribution in [3.8, 4) is 11.1 Å². The summed E-state index contributed by atoms with van der Waals surface area (Å²) in [6.07, 6.45) is 4.05. The first kappa shape index (κ1) is 15.6. The van der Waals surface area contributed by atoms with Crippen LogP contribution in [0.3, 0.4) is 0 Å². The van der Waals surface area contributed by atoms with Crippen molar-refractivity contribution in [1.29, 1.82) is 0 Å². The molecule has 0 saturated carbocycles. The van der Waals surface area contributed by atoms with Crippen LogP contribution in [-0.4, -0.2) is 0 Å². The summed E-state index contributed by atoms with van der Waals surface area (Å²) in [7, 11) is 0. The molecule has 1 aromatic heterocycles. The highest BCUT2D eigenvalue weighted by atomic mass is 35.5. The fourth-order valence-electron chi connectivity index (χ4n) is 2.81. The Hall–Kier alpha value is -2.90. The molecule has 0 spiro atoms. The Labute approximate surface area is 151 Å². The minimum atomic E-state index is 0.734. The van der Waals surface area contributed by atoms with Crippen LogP contribution in [0.5, 0.6) is 0 Å². The van der Waals surface area contributed by atoms with E-state index >= 15 is 0 Å². The van der Waals surface area contributed by atoms with E-state index in [-0.39, 0.29) is 0 Å². The van der Waals surface area contributed by atoms with Gasteiger partial charge in [-0.25, -0.2) is 4.42 Å². The molecule has 0 N–H and O–H groups in total. The van der Waals surface area contributed by atoms with Gasteiger partial charge in [-0.1, -0.05) is 66.2 Å². The minimum Gasteiger partial charge on any atom is -0.207 e. The third-order valence-corrected chi connectivity index (χ3v) is 4.34. The molecule has 0 aliphatic carbocycles. The van der Waals surface area contributed by atoms with E-state index in [1.807, 2.05) is 72.8 Å². The van der Waals surface area contributed by atoms with Gasteiger partial charge < -0.3 is 0 Å². The lowest BCUT2D eigenvalue weighted by Gasteiger charge is -2.00. The highest BCUT2D eigenvalue weighted by Crippen LogP contribution is 2.30. The van der Waals surface area contributed by atoms with Crippen molar-refractivity contribution in [2.24, 2.45) is 0 Å². The average Bonchev–Trinajstić information content (AvgIpc) is 2.67. The number of para-hydroxylation sites is 1. The van der Waals surface area contributed by atoms with E-state index in [4.69, 9.17) is 16.0 Å². The quantitative estimate of drug-likeness (QED) is 0.358. The first-order valence-corrected chi connectivity index (χ1v) is 8.52. The molecule has 25 heavy (non-hydrogen) atoms. The van der Waals surface area contributed by atoms with Gasteiger partial charge in [0.25, 0.3) is 0 Å². The molecule has 2 heteroatoms. The van der Waals surface area contributed by atoms with E-state index in [9.17, 15) is 0 Å². The fraction of sp³-hybridized carbons (Fsp3) is 0. The average molecular weight is 344 g/mol. The minimum absolute atomic E-state index is 0.734. The molecule has 0 aliphatic heterocycles. The zero-order valence-electron chi connectivity index (χ0n) is 13.5. The monoisotopic (exact) mass is 343 g/mol. The highest BCUT2D eigenvalue weighted by Gasteiger charge is 2.17. The first-order valence-electron chi connectivity index (χ1n) is 8.14. The summed E-state index contributed by atoms with van der Waals surface area (Å²) in [5, 5.41) is 1.82. The van der Waals surface area contributed by atoms with E-state index in [0.717, 1.165) is 38.4 Å². The molecule has 1 heterocycles.